The van der Waals surface area contributed by atoms with Gasteiger partial charge in [0.15, 0.2) is 5.78 Å². The number of hydrogen-bond acceptors (Lipinski definition) is 4. The van der Waals surface area contributed by atoms with Gasteiger partial charge in [-0.05, 0) is 23.6 Å². The van der Waals surface area contributed by atoms with Crippen LogP contribution in [-0.4, -0.2) is 28.2 Å². The van der Waals surface area contributed by atoms with E-state index in [0.29, 0.717) is 28.5 Å². The summed E-state index contributed by atoms with van der Waals surface area (Å²) in [4.78, 5) is 16.6. The third-order valence-corrected chi connectivity index (χ3v) is 4.79. The molecule has 3 nitrogen and oxygen atoms in total. The molecule has 0 spiro atoms. The first kappa shape index (κ1) is 13.7. The molecule has 1 aliphatic carbocycles. The molecule has 0 radical (unpaired) electrons. The van der Waals surface area contributed by atoms with Gasteiger partial charge >= 0.3 is 0 Å². The van der Waals surface area contributed by atoms with E-state index in [1.54, 1.807) is 17.8 Å². The smallest absolute Gasteiger partial charge is 0.169 e. The third-order valence-electron chi connectivity index (χ3n) is 3.56. The number of nitrogens with zero attached hydrogens (tertiary/aromatic N) is 1. The van der Waals surface area contributed by atoms with Crippen LogP contribution in [0.3, 0.4) is 0 Å². The monoisotopic (exact) mass is 307 g/mol. The van der Waals surface area contributed by atoms with Crippen molar-refractivity contribution in [3.63, 3.8) is 0 Å². The number of aliphatic hydroxyl groups excluding tert-OH is 1. The zero-order valence-electron chi connectivity index (χ0n) is 10.8. The van der Waals surface area contributed by atoms with Crippen molar-refractivity contribution in [2.45, 2.75) is 18.8 Å². The Morgan fingerprint density at radius 2 is 2.20 bits per heavy atom. The minimum absolute atomic E-state index is 0.00282. The summed E-state index contributed by atoms with van der Waals surface area (Å²) in [6.45, 7) is 0.724. The largest absolute Gasteiger partial charge is 0.511 e. The molecule has 1 heterocycles. The average molecular weight is 308 g/mol. The quantitative estimate of drug-likeness (QED) is 0.905. The number of ketones is 1. The molecule has 1 aliphatic heterocycles. The summed E-state index contributed by atoms with van der Waals surface area (Å²) in [7, 11) is 0. The molecule has 3 rings (SSSR count). The van der Waals surface area contributed by atoms with Crippen molar-refractivity contribution in [3.05, 3.63) is 46.2 Å². The maximum absolute atomic E-state index is 12.3. The maximum Gasteiger partial charge on any atom is 0.169 e. The zero-order valence-corrected chi connectivity index (χ0v) is 12.4. The van der Waals surface area contributed by atoms with Gasteiger partial charge in [0.1, 0.15) is 10.8 Å². The van der Waals surface area contributed by atoms with Crippen LogP contribution in [0.15, 0.2) is 40.6 Å². The second kappa shape index (κ2) is 5.62. The average Bonchev–Trinajstić information content (AvgIpc) is 2.91. The fraction of sp³-hybridized carbons (Fsp3) is 0.333. The molecule has 5 heteroatoms. The lowest BCUT2D eigenvalue weighted by atomic mass is 9.83. The number of hydrogen-bond donors (Lipinski definition) is 1. The molecule has 0 saturated carbocycles. The number of Topliss-reactive ketones (excluding diaryl/α,β-unsaturated/α-hetero) is 1. The van der Waals surface area contributed by atoms with Crippen LogP contribution in [0, 0.1) is 0 Å². The molecule has 1 atom stereocenters. The first-order valence-corrected chi connectivity index (χ1v) is 7.90. The van der Waals surface area contributed by atoms with E-state index < -0.39 is 0 Å². The minimum atomic E-state index is -0.0214. The van der Waals surface area contributed by atoms with Crippen LogP contribution in [0.25, 0.3) is 0 Å². The highest BCUT2D eigenvalue weighted by Crippen LogP contribution is 2.36. The van der Waals surface area contributed by atoms with Crippen LogP contribution < -0.4 is 0 Å². The van der Waals surface area contributed by atoms with Crippen LogP contribution in [0.4, 0.5) is 0 Å². The number of thioether (sulfide) groups is 1. The van der Waals surface area contributed by atoms with Crippen molar-refractivity contribution in [1.29, 1.82) is 0 Å². The maximum atomic E-state index is 12.3. The molecule has 2 aliphatic rings. The van der Waals surface area contributed by atoms with Crippen molar-refractivity contribution >= 4 is 34.2 Å². The predicted molar refractivity (Wildman–Crippen MR) is 82.8 cm³/mol. The van der Waals surface area contributed by atoms with E-state index >= 15 is 0 Å². The Balaban J connectivity index is 1.89. The molecule has 0 amide bonds. The summed E-state index contributed by atoms with van der Waals surface area (Å²) >= 11 is 7.53. The molecular formula is C15H14ClNO2S. The van der Waals surface area contributed by atoms with E-state index in [1.807, 2.05) is 18.2 Å². The highest BCUT2D eigenvalue weighted by molar-refractivity contribution is 8.14. The van der Waals surface area contributed by atoms with Gasteiger partial charge in [0.2, 0.25) is 0 Å². The van der Waals surface area contributed by atoms with Gasteiger partial charge in [0.05, 0.1) is 5.57 Å². The van der Waals surface area contributed by atoms with Crippen molar-refractivity contribution < 1.29 is 9.90 Å². The van der Waals surface area contributed by atoms with E-state index in [9.17, 15) is 9.90 Å². The summed E-state index contributed by atoms with van der Waals surface area (Å²) in [5.74, 6) is 1.03. The second-order valence-corrected chi connectivity index (χ2v) is 6.46. The summed E-state index contributed by atoms with van der Waals surface area (Å²) in [6, 6.07) is 7.49. The van der Waals surface area contributed by atoms with E-state index in [1.165, 1.54) is 0 Å². The van der Waals surface area contributed by atoms with Gasteiger partial charge < -0.3 is 5.11 Å². The van der Waals surface area contributed by atoms with Crippen LogP contribution in [0.5, 0.6) is 0 Å². The van der Waals surface area contributed by atoms with Crippen molar-refractivity contribution in [1.82, 2.24) is 0 Å². The van der Waals surface area contributed by atoms with E-state index in [-0.39, 0.29) is 17.5 Å². The van der Waals surface area contributed by atoms with Gasteiger partial charge in [-0.1, -0.05) is 23.7 Å². The van der Waals surface area contributed by atoms with Gasteiger partial charge in [0.25, 0.3) is 0 Å². The second-order valence-electron chi connectivity index (χ2n) is 4.94. The first-order chi connectivity index (χ1) is 9.65. The van der Waals surface area contributed by atoms with Gasteiger partial charge in [-0.25, -0.2) is 0 Å². The van der Waals surface area contributed by atoms with E-state index in [0.717, 1.165) is 17.9 Å². The minimum Gasteiger partial charge on any atom is -0.511 e. The number of carbonyl (C=O) groups excluding carboxylic acids is 1. The van der Waals surface area contributed by atoms with Crippen LogP contribution >= 0.6 is 23.4 Å². The molecule has 0 fully saturated rings. The molecule has 1 aromatic carbocycles. The Bertz CT molecular complexity index is 624. The summed E-state index contributed by atoms with van der Waals surface area (Å²) in [5.41, 5.74) is 1.43. The molecule has 1 unspecified atom stereocenters. The molecule has 0 bridgehead atoms. The molecule has 1 aromatic rings. The Morgan fingerprint density at radius 3 is 2.85 bits per heavy atom. The SMILES string of the molecule is O=C1CC(c2cccc(Cl)c2)CC(O)=C1C1=NCCS1. The normalized spacial score (nSPS) is 23.1. The topological polar surface area (TPSA) is 49.7 Å². The number of aliphatic hydroxyl groups is 1. The fourth-order valence-corrected chi connectivity index (χ4v) is 3.75. The lowest BCUT2D eigenvalue weighted by Gasteiger charge is -2.23. The number of aliphatic imine (C=N–C) groups is 1. The lowest BCUT2D eigenvalue weighted by molar-refractivity contribution is -0.116. The number of allylic oxidation sites excluding steroid dienone is 1. The van der Waals surface area contributed by atoms with Gasteiger partial charge in [-0.2, -0.15) is 0 Å². The summed E-state index contributed by atoms with van der Waals surface area (Å²) in [5, 5.41) is 11.6. The molecule has 0 saturated heterocycles. The van der Waals surface area contributed by atoms with Crippen LogP contribution in [0.2, 0.25) is 5.02 Å². The van der Waals surface area contributed by atoms with Gasteiger partial charge in [0, 0.05) is 30.2 Å². The number of benzene rings is 1. The lowest BCUT2D eigenvalue weighted by Crippen LogP contribution is -2.22. The Morgan fingerprint density at radius 1 is 1.35 bits per heavy atom. The standard InChI is InChI=1S/C15H14ClNO2S/c16-11-3-1-2-9(6-11)10-7-12(18)14(13(19)8-10)15-17-4-5-20-15/h1-3,6,10,18H,4-5,7-8H2. The Kier molecular flexibility index (Phi) is 3.85. The van der Waals surface area contributed by atoms with E-state index in [4.69, 9.17) is 11.6 Å². The molecule has 20 heavy (non-hydrogen) atoms. The molecule has 1 N–H and O–H groups in total. The van der Waals surface area contributed by atoms with Crippen molar-refractivity contribution in [2.75, 3.05) is 12.3 Å². The van der Waals surface area contributed by atoms with Crippen molar-refractivity contribution in [2.24, 2.45) is 4.99 Å². The Hall–Kier alpha value is -1.26. The zero-order chi connectivity index (χ0) is 14.1. The van der Waals surface area contributed by atoms with Gasteiger partial charge in [-0.15, -0.1) is 11.8 Å². The highest BCUT2D eigenvalue weighted by Gasteiger charge is 2.32. The highest BCUT2D eigenvalue weighted by atomic mass is 35.5. The van der Waals surface area contributed by atoms with Crippen molar-refractivity contribution in [3.8, 4) is 0 Å². The summed E-state index contributed by atoms with van der Waals surface area (Å²) < 4.78 is 0. The Labute approximate surface area is 126 Å². The molecule has 104 valence electrons. The van der Waals surface area contributed by atoms with E-state index in [2.05, 4.69) is 4.99 Å². The summed E-state index contributed by atoms with van der Waals surface area (Å²) in [6.07, 6.45) is 0.875. The molecular weight excluding hydrogens is 294 g/mol. The number of carbonyl (C=O) groups is 1. The van der Waals surface area contributed by atoms with Crippen LogP contribution in [0.1, 0.15) is 24.3 Å². The third kappa shape index (κ3) is 2.63. The molecule has 0 aromatic heterocycles. The fourth-order valence-electron chi connectivity index (χ4n) is 2.62. The number of rotatable bonds is 2. The van der Waals surface area contributed by atoms with Crippen LogP contribution in [-0.2, 0) is 4.79 Å². The van der Waals surface area contributed by atoms with Gasteiger partial charge in [-0.3, -0.25) is 9.79 Å². The predicted octanol–water partition coefficient (Wildman–Crippen LogP) is 3.74. The first-order valence-electron chi connectivity index (χ1n) is 6.53. The number of halogens is 1.